The summed E-state index contributed by atoms with van der Waals surface area (Å²) in [6.45, 7) is 0. The Labute approximate surface area is 186 Å². The van der Waals surface area contributed by atoms with E-state index in [1.165, 1.54) is 28.5 Å². The Morgan fingerprint density at radius 1 is 0.500 bits per heavy atom. The molecule has 0 aliphatic heterocycles. The predicted molar refractivity (Wildman–Crippen MR) is 132 cm³/mol. The molecule has 0 radical (unpaired) electrons. The molecule has 2 heteroatoms. The van der Waals surface area contributed by atoms with Crippen LogP contribution in [0.1, 0.15) is 0 Å². The topological polar surface area (TPSA) is 4.93 Å². The molecule has 1 heterocycles. The highest BCUT2D eigenvalue weighted by Gasteiger charge is 2.15. The predicted octanol–water partition coefficient (Wildman–Crippen LogP) is 8.26. The van der Waals surface area contributed by atoms with E-state index in [0.717, 1.165) is 33.4 Å². The Morgan fingerprint density at radius 3 is 2.00 bits per heavy atom. The minimum absolute atomic E-state index is 0.225. The summed E-state index contributed by atoms with van der Waals surface area (Å²) in [6.07, 6.45) is 0. The number of rotatable bonds is 3. The minimum atomic E-state index is -0.225. The van der Waals surface area contributed by atoms with Gasteiger partial charge in [0.05, 0.1) is 16.9 Å². The zero-order valence-electron chi connectivity index (χ0n) is 17.4. The van der Waals surface area contributed by atoms with Gasteiger partial charge in [0.25, 0.3) is 0 Å². The van der Waals surface area contributed by atoms with Crippen molar-refractivity contribution in [2.45, 2.75) is 0 Å². The maximum atomic E-state index is 13.6. The molecular formula is C30H20FN. The van der Waals surface area contributed by atoms with Gasteiger partial charge in [-0.15, -0.1) is 0 Å². The van der Waals surface area contributed by atoms with E-state index in [2.05, 4.69) is 95.6 Å². The van der Waals surface area contributed by atoms with Gasteiger partial charge in [-0.2, -0.15) is 0 Å². The Hall–Kier alpha value is -4.17. The first-order valence-corrected chi connectivity index (χ1v) is 10.7. The van der Waals surface area contributed by atoms with Gasteiger partial charge in [0.1, 0.15) is 5.82 Å². The first kappa shape index (κ1) is 18.6. The van der Waals surface area contributed by atoms with Gasteiger partial charge in [-0.1, -0.05) is 84.9 Å². The van der Waals surface area contributed by atoms with Gasteiger partial charge < -0.3 is 4.57 Å². The molecule has 32 heavy (non-hydrogen) atoms. The molecule has 0 bridgehead atoms. The minimum Gasteiger partial charge on any atom is -0.309 e. The third-order valence-corrected chi connectivity index (χ3v) is 6.04. The van der Waals surface area contributed by atoms with E-state index in [4.69, 9.17) is 0 Å². The van der Waals surface area contributed by atoms with Crippen LogP contribution in [0.4, 0.5) is 4.39 Å². The summed E-state index contributed by atoms with van der Waals surface area (Å²) in [5, 5.41) is 3.53. The van der Waals surface area contributed by atoms with Crippen molar-refractivity contribution in [1.29, 1.82) is 0 Å². The molecule has 0 unspecified atom stereocenters. The average molecular weight is 414 g/mol. The van der Waals surface area contributed by atoms with Crippen LogP contribution in [0, 0.1) is 5.82 Å². The Balaban J connectivity index is 1.71. The van der Waals surface area contributed by atoms with Crippen molar-refractivity contribution >= 4 is 21.7 Å². The first-order chi connectivity index (χ1) is 15.8. The van der Waals surface area contributed by atoms with Crippen LogP contribution in [-0.4, -0.2) is 4.57 Å². The maximum absolute atomic E-state index is 13.6. The van der Waals surface area contributed by atoms with E-state index < -0.39 is 0 Å². The summed E-state index contributed by atoms with van der Waals surface area (Å²) >= 11 is 0. The normalized spacial score (nSPS) is 11.3. The molecule has 1 nitrogen and oxygen atoms in total. The number of hydrogen-bond donors (Lipinski definition) is 0. The van der Waals surface area contributed by atoms with Gasteiger partial charge in [-0.3, -0.25) is 0 Å². The van der Waals surface area contributed by atoms with Crippen LogP contribution in [-0.2, 0) is 0 Å². The fourth-order valence-electron chi connectivity index (χ4n) is 4.52. The second-order valence-corrected chi connectivity index (χ2v) is 8.01. The summed E-state index contributed by atoms with van der Waals surface area (Å²) in [4.78, 5) is 0. The van der Waals surface area contributed by atoms with Crippen LogP contribution in [0.15, 0.2) is 121 Å². The van der Waals surface area contributed by atoms with Crippen molar-refractivity contribution in [3.05, 3.63) is 127 Å². The maximum Gasteiger partial charge on any atom is 0.123 e. The molecule has 0 spiro atoms. The SMILES string of the molecule is Fc1ccc(-c2cc(-n3c4ccccc4c[13c]3-c3ccccc3)c3ccccc3c2)cc1. The molecule has 5 aromatic carbocycles. The summed E-state index contributed by atoms with van der Waals surface area (Å²) in [7, 11) is 0. The van der Waals surface area contributed by atoms with Crippen LogP contribution in [0.25, 0.3) is 49.7 Å². The number of fused-ring (bicyclic) bond motifs is 2. The molecule has 0 saturated carbocycles. The lowest BCUT2D eigenvalue weighted by Gasteiger charge is -2.16. The Bertz CT molecular complexity index is 1560. The van der Waals surface area contributed by atoms with Crippen molar-refractivity contribution in [2.24, 2.45) is 0 Å². The average Bonchev–Trinajstić information content (AvgIpc) is 3.24. The van der Waals surface area contributed by atoms with Gasteiger partial charge in [0.15, 0.2) is 0 Å². The van der Waals surface area contributed by atoms with Crippen molar-refractivity contribution in [3.8, 4) is 28.1 Å². The van der Waals surface area contributed by atoms with E-state index in [-0.39, 0.29) is 5.82 Å². The van der Waals surface area contributed by atoms with Crippen LogP contribution in [0.2, 0.25) is 0 Å². The van der Waals surface area contributed by atoms with E-state index in [9.17, 15) is 4.39 Å². The molecule has 6 rings (SSSR count). The lowest BCUT2D eigenvalue weighted by Crippen LogP contribution is -1.99. The largest absolute Gasteiger partial charge is 0.309 e. The third-order valence-electron chi connectivity index (χ3n) is 6.04. The number of aromatic nitrogens is 1. The summed E-state index contributed by atoms with van der Waals surface area (Å²) in [5.74, 6) is -0.225. The molecule has 0 aliphatic rings. The monoisotopic (exact) mass is 414 g/mol. The molecule has 0 amide bonds. The molecule has 6 aromatic rings. The van der Waals surface area contributed by atoms with Crippen LogP contribution < -0.4 is 0 Å². The number of para-hydroxylation sites is 1. The summed E-state index contributed by atoms with van der Waals surface area (Å²) < 4.78 is 15.9. The van der Waals surface area contributed by atoms with Crippen molar-refractivity contribution in [2.75, 3.05) is 0 Å². The number of hydrogen-bond acceptors (Lipinski definition) is 0. The van der Waals surface area contributed by atoms with E-state index in [0.29, 0.717) is 0 Å². The zero-order chi connectivity index (χ0) is 21.5. The number of nitrogens with zero attached hydrogens (tertiary/aromatic N) is 1. The number of halogens is 1. The Morgan fingerprint density at radius 2 is 1.19 bits per heavy atom. The molecule has 0 N–H and O–H groups in total. The second kappa shape index (κ2) is 7.51. The van der Waals surface area contributed by atoms with E-state index >= 15 is 0 Å². The van der Waals surface area contributed by atoms with Gasteiger partial charge in [0.2, 0.25) is 0 Å². The second-order valence-electron chi connectivity index (χ2n) is 8.01. The van der Waals surface area contributed by atoms with Gasteiger partial charge >= 0.3 is 0 Å². The molecule has 0 atom stereocenters. The molecule has 152 valence electrons. The molecular weight excluding hydrogens is 394 g/mol. The van der Waals surface area contributed by atoms with E-state index in [1.807, 2.05) is 18.2 Å². The van der Waals surface area contributed by atoms with Crippen molar-refractivity contribution in [3.63, 3.8) is 0 Å². The van der Waals surface area contributed by atoms with Gasteiger partial charge in [0, 0.05) is 10.8 Å². The van der Waals surface area contributed by atoms with Crippen LogP contribution in [0.5, 0.6) is 0 Å². The van der Waals surface area contributed by atoms with Gasteiger partial charge in [-0.05, 0) is 58.5 Å². The third kappa shape index (κ3) is 3.09. The van der Waals surface area contributed by atoms with Gasteiger partial charge in [-0.25, -0.2) is 4.39 Å². The highest BCUT2D eigenvalue weighted by molar-refractivity contribution is 5.98. The number of benzene rings is 5. The lowest BCUT2D eigenvalue weighted by molar-refractivity contribution is 0.628. The van der Waals surface area contributed by atoms with Crippen LogP contribution in [0.3, 0.4) is 0 Å². The zero-order valence-corrected chi connectivity index (χ0v) is 17.4. The quantitative estimate of drug-likeness (QED) is 0.275. The standard InChI is InChI=1S/C30H20FN/c31-26-16-14-21(15-17-26)25-18-23-10-4-6-12-27(23)30(20-25)32-28-13-7-5-11-24(28)19-29(32)22-8-2-1-3-9-22/h1-20H/i29+1. The van der Waals surface area contributed by atoms with Crippen LogP contribution >= 0.6 is 0 Å². The highest BCUT2D eigenvalue weighted by atomic mass is 19.1. The fourth-order valence-corrected chi connectivity index (χ4v) is 4.52. The summed E-state index contributed by atoms with van der Waals surface area (Å²) in [5.41, 5.74) is 6.65. The smallest absolute Gasteiger partial charge is 0.123 e. The summed E-state index contributed by atoms with van der Waals surface area (Å²) in [6, 6.07) is 40.8. The Kier molecular flexibility index (Phi) is 4.36. The van der Waals surface area contributed by atoms with E-state index in [1.54, 1.807) is 0 Å². The molecule has 1 aromatic heterocycles. The highest BCUT2D eigenvalue weighted by Crippen LogP contribution is 2.37. The lowest BCUT2D eigenvalue weighted by atomic mass is 9.99. The van der Waals surface area contributed by atoms with Crippen molar-refractivity contribution < 1.29 is 4.39 Å². The van der Waals surface area contributed by atoms with Crippen molar-refractivity contribution in [1.82, 2.24) is 4.57 Å². The molecule has 0 aliphatic carbocycles. The molecule has 0 saturated heterocycles. The molecule has 0 fully saturated rings. The first-order valence-electron chi connectivity index (χ1n) is 10.7. The fraction of sp³-hybridized carbons (Fsp3) is 0.